The average molecular weight is 314 g/mol. The average Bonchev–Trinajstić information content (AvgIpc) is 3.26. The summed E-state index contributed by atoms with van der Waals surface area (Å²) in [6, 6.07) is 8.80. The van der Waals surface area contributed by atoms with Gasteiger partial charge in [0.2, 0.25) is 0 Å². The maximum atomic E-state index is 5.48. The zero-order chi connectivity index (χ0) is 14.9. The van der Waals surface area contributed by atoms with Gasteiger partial charge in [0.25, 0.3) is 0 Å². The molecule has 4 rings (SSSR count). The number of H-pyrrole nitrogens is 1. The molecule has 0 amide bonds. The van der Waals surface area contributed by atoms with E-state index in [1.54, 1.807) is 6.20 Å². The second kappa shape index (κ2) is 5.70. The van der Waals surface area contributed by atoms with Crippen LogP contribution in [0.15, 0.2) is 35.0 Å². The second-order valence-corrected chi connectivity index (χ2v) is 6.90. The molecule has 5 nitrogen and oxygen atoms in total. The molecule has 3 aromatic heterocycles. The molecule has 1 aliphatic rings. The Kier molecular flexibility index (Phi) is 3.56. The number of rotatable bonds is 4. The highest BCUT2D eigenvalue weighted by atomic mass is 32.1. The van der Waals surface area contributed by atoms with Gasteiger partial charge in [-0.25, -0.2) is 0 Å². The molecule has 0 spiro atoms. The summed E-state index contributed by atoms with van der Waals surface area (Å²) < 4.78 is 5.48. The molecule has 0 aromatic carbocycles. The molecule has 3 aromatic rings. The summed E-state index contributed by atoms with van der Waals surface area (Å²) in [7, 11) is 0. The van der Waals surface area contributed by atoms with Gasteiger partial charge in [-0.3, -0.25) is 10.00 Å². The van der Waals surface area contributed by atoms with Gasteiger partial charge in [-0.05, 0) is 44.5 Å². The highest BCUT2D eigenvalue weighted by Crippen LogP contribution is 2.35. The van der Waals surface area contributed by atoms with Crippen LogP contribution in [0.25, 0.3) is 10.6 Å². The Morgan fingerprint density at radius 2 is 2.36 bits per heavy atom. The smallest absolute Gasteiger partial charge is 0.154 e. The van der Waals surface area contributed by atoms with Crippen LogP contribution in [0.5, 0.6) is 0 Å². The van der Waals surface area contributed by atoms with Crippen molar-refractivity contribution in [1.29, 1.82) is 0 Å². The molecule has 0 saturated carbocycles. The van der Waals surface area contributed by atoms with Gasteiger partial charge in [0.15, 0.2) is 5.76 Å². The molecule has 1 fully saturated rings. The van der Waals surface area contributed by atoms with Gasteiger partial charge < -0.3 is 4.52 Å². The van der Waals surface area contributed by atoms with Gasteiger partial charge in [-0.2, -0.15) is 5.10 Å². The summed E-state index contributed by atoms with van der Waals surface area (Å²) in [5.74, 6) is 1.00. The minimum atomic E-state index is 0.360. The predicted octanol–water partition coefficient (Wildman–Crippen LogP) is 3.77. The van der Waals surface area contributed by atoms with E-state index in [2.05, 4.69) is 38.5 Å². The van der Waals surface area contributed by atoms with Crippen LogP contribution in [0, 0.1) is 6.92 Å². The summed E-state index contributed by atoms with van der Waals surface area (Å²) in [6.45, 7) is 4.05. The number of nitrogens with one attached hydrogen (secondary N) is 1. The normalized spacial score (nSPS) is 19.0. The summed E-state index contributed by atoms with van der Waals surface area (Å²) >= 11 is 1.82. The highest BCUT2D eigenvalue weighted by molar-refractivity contribution is 7.15. The van der Waals surface area contributed by atoms with Gasteiger partial charge in [-0.1, -0.05) is 5.16 Å². The molecule has 1 saturated heterocycles. The molecule has 1 aliphatic heterocycles. The second-order valence-electron chi connectivity index (χ2n) is 5.74. The lowest BCUT2D eigenvalue weighted by atomic mass is 10.1. The van der Waals surface area contributed by atoms with E-state index in [-0.39, 0.29) is 0 Å². The van der Waals surface area contributed by atoms with E-state index >= 15 is 0 Å². The van der Waals surface area contributed by atoms with Crippen LogP contribution in [0.2, 0.25) is 0 Å². The fourth-order valence-corrected chi connectivity index (χ4v) is 4.09. The molecule has 1 N–H and O–H groups in total. The number of thiophene rings is 1. The van der Waals surface area contributed by atoms with E-state index in [1.165, 1.54) is 16.2 Å². The van der Waals surface area contributed by atoms with Crippen LogP contribution in [-0.4, -0.2) is 26.8 Å². The number of aryl methyl sites for hydroxylation is 1. The fourth-order valence-electron chi connectivity index (χ4n) is 3.08. The van der Waals surface area contributed by atoms with Crippen molar-refractivity contribution in [2.24, 2.45) is 0 Å². The van der Waals surface area contributed by atoms with E-state index in [1.807, 2.05) is 24.3 Å². The highest BCUT2D eigenvalue weighted by Gasteiger charge is 2.29. The van der Waals surface area contributed by atoms with Crippen LogP contribution in [0.1, 0.15) is 35.2 Å². The standard InChI is InChI=1S/C16H18N4OS/c1-11-9-15(21-19-11)14-3-2-8-20(14)10-12-4-5-16(22-12)13-6-7-17-18-13/h4-7,9,14H,2-3,8,10H2,1H3,(H,17,18)/t14-/m1/s1. The van der Waals surface area contributed by atoms with Crippen molar-refractivity contribution >= 4 is 11.3 Å². The van der Waals surface area contributed by atoms with Crippen LogP contribution >= 0.6 is 11.3 Å². The molecule has 22 heavy (non-hydrogen) atoms. The first-order chi connectivity index (χ1) is 10.8. The van der Waals surface area contributed by atoms with Crippen molar-refractivity contribution in [2.45, 2.75) is 32.4 Å². The zero-order valence-corrected chi connectivity index (χ0v) is 13.3. The van der Waals surface area contributed by atoms with Crippen LogP contribution in [-0.2, 0) is 6.54 Å². The molecule has 4 heterocycles. The van der Waals surface area contributed by atoms with Gasteiger partial charge in [0.1, 0.15) is 0 Å². The van der Waals surface area contributed by atoms with Crippen molar-refractivity contribution in [2.75, 3.05) is 6.54 Å². The first-order valence-electron chi connectivity index (χ1n) is 7.55. The minimum absolute atomic E-state index is 0.360. The molecule has 6 heteroatoms. The van der Waals surface area contributed by atoms with E-state index in [0.717, 1.165) is 36.7 Å². The third kappa shape index (κ3) is 2.60. The summed E-state index contributed by atoms with van der Waals surface area (Å²) in [5, 5.41) is 11.1. The molecule has 0 aliphatic carbocycles. The Balaban J connectivity index is 1.50. The van der Waals surface area contributed by atoms with Crippen molar-refractivity contribution in [3.63, 3.8) is 0 Å². The maximum Gasteiger partial charge on any atom is 0.154 e. The van der Waals surface area contributed by atoms with Crippen molar-refractivity contribution in [3.8, 4) is 10.6 Å². The Labute approximate surface area is 132 Å². The summed E-state index contributed by atoms with van der Waals surface area (Å²) in [4.78, 5) is 5.09. The van der Waals surface area contributed by atoms with E-state index < -0.39 is 0 Å². The maximum absolute atomic E-state index is 5.48. The van der Waals surface area contributed by atoms with Crippen molar-refractivity contribution in [3.05, 3.63) is 46.8 Å². The SMILES string of the molecule is Cc1cc([C@H]2CCCN2Cc2ccc(-c3ccn[nH]3)s2)on1. The minimum Gasteiger partial charge on any atom is -0.359 e. The number of aromatic amines is 1. The van der Waals surface area contributed by atoms with E-state index in [0.29, 0.717) is 6.04 Å². The van der Waals surface area contributed by atoms with E-state index in [9.17, 15) is 0 Å². The molecular formula is C16H18N4OS. The molecule has 114 valence electrons. The summed E-state index contributed by atoms with van der Waals surface area (Å²) in [6.07, 6.45) is 4.15. The number of nitrogens with zero attached hydrogens (tertiary/aromatic N) is 3. The van der Waals surface area contributed by atoms with Gasteiger partial charge in [-0.15, -0.1) is 11.3 Å². The molecule has 0 bridgehead atoms. The predicted molar refractivity (Wildman–Crippen MR) is 85.5 cm³/mol. The molecule has 0 radical (unpaired) electrons. The molecule has 0 unspecified atom stereocenters. The van der Waals surface area contributed by atoms with Crippen LogP contribution in [0.4, 0.5) is 0 Å². The van der Waals surface area contributed by atoms with Gasteiger partial charge in [0.05, 0.1) is 22.3 Å². The Hall–Kier alpha value is -1.92. The molecular weight excluding hydrogens is 296 g/mol. The fraction of sp³-hybridized carbons (Fsp3) is 0.375. The van der Waals surface area contributed by atoms with Crippen molar-refractivity contribution < 1.29 is 4.52 Å². The topological polar surface area (TPSA) is 58.0 Å². The number of likely N-dealkylation sites (tertiary alicyclic amines) is 1. The third-order valence-corrected chi connectivity index (χ3v) is 5.23. The van der Waals surface area contributed by atoms with E-state index in [4.69, 9.17) is 4.52 Å². The first-order valence-corrected chi connectivity index (χ1v) is 8.37. The molecule has 1 atom stereocenters. The number of hydrogen-bond acceptors (Lipinski definition) is 5. The Bertz CT molecular complexity index is 746. The Morgan fingerprint density at radius 1 is 1.41 bits per heavy atom. The van der Waals surface area contributed by atoms with Gasteiger partial charge in [0, 0.05) is 23.7 Å². The lowest BCUT2D eigenvalue weighted by Crippen LogP contribution is -2.21. The lowest BCUT2D eigenvalue weighted by molar-refractivity contribution is 0.208. The monoisotopic (exact) mass is 314 g/mol. The lowest BCUT2D eigenvalue weighted by Gasteiger charge is -2.21. The number of aromatic nitrogens is 3. The number of hydrogen-bond donors (Lipinski definition) is 1. The van der Waals surface area contributed by atoms with Gasteiger partial charge >= 0.3 is 0 Å². The quantitative estimate of drug-likeness (QED) is 0.796. The zero-order valence-electron chi connectivity index (χ0n) is 12.5. The first kappa shape index (κ1) is 13.7. The van der Waals surface area contributed by atoms with Crippen molar-refractivity contribution in [1.82, 2.24) is 20.3 Å². The third-order valence-electron chi connectivity index (χ3n) is 4.13. The largest absolute Gasteiger partial charge is 0.359 e. The van der Waals surface area contributed by atoms with Crippen LogP contribution in [0.3, 0.4) is 0 Å². The van der Waals surface area contributed by atoms with Crippen LogP contribution < -0.4 is 0 Å². The summed E-state index contributed by atoms with van der Waals surface area (Å²) in [5.41, 5.74) is 2.04. The Morgan fingerprint density at radius 3 is 3.14 bits per heavy atom.